The molecule has 1 aromatic rings. The molecule has 5 nitrogen and oxygen atoms in total. The van der Waals surface area contributed by atoms with Crippen LogP contribution in [0.5, 0.6) is 0 Å². The Labute approximate surface area is 142 Å². The van der Waals surface area contributed by atoms with Crippen molar-refractivity contribution < 1.29 is 19.1 Å². The van der Waals surface area contributed by atoms with Crippen molar-refractivity contribution in [1.82, 2.24) is 0 Å². The molecule has 0 bridgehead atoms. The van der Waals surface area contributed by atoms with Gasteiger partial charge in [0.15, 0.2) is 0 Å². The predicted octanol–water partition coefficient (Wildman–Crippen LogP) is 4.90. The number of nitrogens with one attached hydrogen (secondary N) is 1. The van der Waals surface area contributed by atoms with Crippen molar-refractivity contribution in [2.45, 2.75) is 40.2 Å². The number of carbonyl (C=O) groups excluding carboxylic acids is 2. The van der Waals surface area contributed by atoms with E-state index in [1.807, 2.05) is 13.8 Å². The van der Waals surface area contributed by atoms with Crippen LogP contribution in [0.2, 0.25) is 5.02 Å². The van der Waals surface area contributed by atoms with Gasteiger partial charge in [0, 0.05) is 16.8 Å². The molecule has 0 aromatic heterocycles. The molecule has 0 aliphatic heterocycles. The van der Waals surface area contributed by atoms with Gasteiger partial charge in [-0.2, -0.15) is 0 Å². The smallest absolute Gasteiger partial charge is 0.412 e. The molecule has 128 valence electrons. The van der Waals surface area contributed by atoms with Crippen LogP contribution >= 0.6 is 11.6 Å². The summed E-state index contributed by atoms with van der Waals surface area (Å²) in [5.41, 5.74) is 0.538. The van der Waals surface area contributed by atoms with Crippen LogP contribution in [0.1, 0.15) is 40.2 Å². The Bertz CT molecular complexity index is 562. The minimum absolute atomic E-state index is 0.424. The first-order valence-electron chi connectivity index (χ1n) is 7.26. The highest BCUT2D eigenvalue weighted by Crippen LogP contribution is 2.21. The maximum Gasteiger partial charge on any atom is 0.412 e. The number of anilines is 1. The Morgan fingerprint density at radius 3 is 2.30 bits per heavy atom. The summed E-state index contributed by atoms with van der Waals surface area (Å²) in [7, 11) is 1.29. The molecule has 0 unspecified atom stereocenters. The van der Waals surface area contributed by atoms with E-state index in [1.54, 1.807) is 39.0 Å². The van der Waals surface area contributed by atoms with Crippen LogP contribution in [0.15, 0.2) is 24.3 Å². The Morgan fingerprint density at radius 1 is 1.17 bits per heavy atom. The number of ether oxygens (including phenoxy) is 2. The fourth-order valence-electron chi connectivity index (χ4n) is 1.43. The number of rotatable bonds is 3. The average molecular weight is 342 g/mol. The number of hydrogen-bond donors (Lipinski definition) is 1. The number of methoxy groups -OCH3 is 1. The lowest BCUT2D eigenvalue weighted by molar-refractivity contribution is -0.134. The van der Waals surface area contributed by atoms with Crippen molar-refractivity contribution in [3.63, 3.8) is 0 Å². The van der Waals surface area contributed by atoms with Crippen LogP contribution < -0.4 is 5.32 Å². The van der Waals surface area contributed by atoms with Crippen LogP contribution in [0, 0.1) is 0 Å². The van der Waals surface area contributed by atoms with Crippen LogP contribution in [0.3, 0.4) is 0 Å². The van der Waals surface area contributed by atoms with E-state index in [4.69, 9.17) is 16.3 Å². The maximum atomic E-state index is 11.7. The number of halogens is 1. The number of esters is 1. The molecule has 0 fully saturated rings. The van der Waals surface area contributed by atoms with Crippen LogP contribution in [-0.4, -0.2) is 24.8 Å². The zero-order valence-electron chi connectivity index (χ0n) is 14.4. The third-order valence-electron chi connectivity index (χ3n) is 2.18. The zero-order valence-corrected chi connectivity index (χ0v) is 15.2. The highest BCUT2D eigenvalue weighted by atomic mass is 35.5. The fourth-order valence-corrected chi connectivity index (χ4v) is 1.68. The van der Waals surface area contributed by atoms with Crippen molar-refractivity contribution in [1.29, 1.82) is 0 Å². The Hall–Kier alpha value is -2.01. The molecule has 0 saturated heterocycles. The van der Waals surface area contributed by atoms with Gasteiger partial charge in [-0.05, 0) is 50.6 Å². The number of hydrogen-bond acceptors (Lipinski definition) is 4. The molecular weight excluding hydrogens is 318 g/mol. The lowest BCUT2D eigenvalue weighted by Gasteiger charge is -2.19. The van der Waals surface area contributed by atoms with Gasteiger partial charge in [-0.25, -0.2) is 9.59 Å². The largest absolute Gasteiger partial charge is 0.466 e. The summed E-state index contributed by atoms with van der Waals surface area (Å²) < 4.78 is 9.66. The van der Waals surface area contributed by atoms with E-state index < -0.39 is 17.7 Å². The van der Waals surface area contributed by atoms with Gasteiger partial charge in [-0.3, -0.25) is 5.32 Å². The van der Waals surface area contributed by atoms with E-state index in [9.17, 15) is 9.59 Å². The molecule has 0 atom stereocenters. The van der Waals surface area contributed by atoms with Crippen molar-refractivity contribution in [3.05, 3.63) is 34.9 Å². The molecule has 0 spiro atoms. The third kappa shape index (κ3) is 9.58. The van der Waals surface area contributed by atoms with Gasteiger partial charge in [0.1, 0.15) is 5.60 Å². The van der Waals surface area contributed by atoms with Crippen molar-refractivity contribution in [3.8, 4) is 0 Å². The van der Waals surface area contributed by atoms with Crippen molar-refractivity contribution in [2.24, 2.45) is 0 Å². The average Bonchev–Trinajstić information content (AvgIpc) is 2.44. The standard InChI is InChI=1S/C15H18ClNO4.C2H6/c1-15(2,3)21-14(19)17-12-8-10(7-11(16)9-12)5-6-13(18)20-4;1-2/h5-9H,1-4H3,(H,17,19);1-2H3/b6-5+;. The predicted molar refractivity (Wildman–Crippen MR) is 93.7 cm³/mol. The highest BCUT2D eigenvalue weighted by molar-refractivity contribution is 6.31. The van der Waals surface area contributed by atoms with Gasteiger partial charge in [0.25, 0.3) is 0 Å². The lowest BCUT2D eigenvalue weighted by Crippen LogP contribution is -2.27. The number of carbonyl (C=O) groups is 2. The van der Waals surface area contributed by atoms with Gasteiger partial charge in [0.05, 0.1) is 7.11 Å². The SMILES string of the molecule is CC.COC(=O)/C=C/c1cc(Cl)cc(NC(=O)OC(C)(C)C)c1. The van der Waals surface area contributed by atoms with E-state index >= 15 is 0 Å². The first-order valence-corrected chi connectivity index (χ1v) is 7.64. The second-order valence-corrected chi connectivity index (χ2v) is 5.69. The first-order chi connectivity index (χ1) is 10.7. The summed E-state index contributed by atoms with van der Waals surface area (Å²) in [5.74, 6) is -0.475. The van der Waals surface area contributed by atoms with Crippen molar-refractivity contribution >= 4 is 35.4 Å². The molecule has 1 rings (SSSR count). The molecule has 0 radical (unpaired) electrons. The molecule has 1 amide bonds. The Kier molecular flexibility index (Phi) is 9.03. The summed E-state index contributed by atoms with van der Waals surface area (Å²) in [4.78, 5) is 22.8. The monoisotopic (exact) mass is 341 g/mol. The quantitative estimate of drug-likeness (QED) is 0.627. The van der Waals surface area contributed by atoms with E-state index in [1.165, 1.54) is 19.3 Å². The summed E-state index contributed by atoms with van der Waals surface area (Å²) in [6.45, 7) is 9.32. The van der Waals surface area contributed by atoms with E-state index in [2.05, 4.69) is 10.1 Å². The van der Waals surface area contributed by atoms with Crippen LogP contribution in [0.4, 0.5) is 10.5 Å². The topological polar surface area (TPSA) is 64.6 Å². The third-order valence-corrected chi connectivity index (χ3v) is 2.40. The summed E-state index contributed by atoms with van der Waals surface area (Å²) in [5, 5.41) is 3.01. The normalized spacial score (nSPS) is 10.6. The summed E-state index contributed by atoms with van der Waals surface area (Å²) in [6, 6.07) is 4.90. The molecule has 0 aliphatic carbocycles. The molecule has 1 N–H and O–H groups in total. The Morgan fingerprint density at radius 2 is 1.78 bits per heavy atom. The van der Waals surface area contributed by atoms with Gasteiger partial charge in [-0.1, -0.05) is 25.4 Å². The first kappa shape index (κ1) is 21.0. The van der Waals surface area contributed by atoms with E-state index in [-0.39, 0.29) is 0 Å². The number of amides is 1. The zero-order chi connectivity index (χ0) is 18.0. The molecule has 0 heterocycles. The Balaban J connectivity index is 0.00000232. The molecule has 23 heavy (non-hydrogen) atoms. The maximum absolute atomic E-state index is 11.7. The molecule has 1 aromatic carbocycles. The van der Waals surface area contributed by atoms with Crippen molar-refractivity contribution in [2.75, 3.05) is 12.4 Å². The highest BCUT2D eigenvalue weighted by Gasteiger charge is 2.16. The van der Waals surface area contributed by atoms with Crippen LogP contribution in [0.25, 0.3) is 6.08 Å². The lowest BCUT2D eigenvalue weighted by atomic mass is 10.2. The second kappa shape index (κ2) is 9.90. The fraction of sp³-hybridized carbons (Fsp3) is 0.412. The van der Waals surface area contributed by atoms with E-state index in [0.29, 0.717) is 16.3 Å². The molecule has 0 saturated carbocycles. The second-order valence-electron chi connectivity index (χ2n) is 5.26. The minimum atomic E-state index is -0.587. The minimum Gasteiger partial charge on any atom is -0.466 e. The van der Waals surface area contributed by atoms with Gasteiger partial charge >= 0.3 is 12.1 Å². The molecule has 0 aliphatic rings. The van der Waals surface area contributed by atoms with Crippen LogP contribution in [-0.2, 0) is 14.3 Å². The van der Waals surface area contributed by atoms with Gasteiger partial charge in [-0.15, -0.1) is 0 Å². The molecule has 6 heteroatoms. The van der Waals surface area contributed by atoms with Gasteiger partial charge in [0.2, 0.25) is 0 Å². The molecular formula is C17H24ClNO4. The van der Waals surface area contributed by atoms with E-state index in [0.717, 1.165) is 0 Å². The summed E-state index contributed by atoms with van der Waals surface area (Å²) in [6.07, 6.45) is 2.23. The summed E-state index contributed by atoms with van der Waals surface area (Å²) >= 11 is 5.97. The number of benzene rings is 1. The van der Waals surface area contributed by atoms with Gasteiger partial charge < -0.3 is 9.47 Å².